The first-order valence-electron chi connectivity index (χ1n) is 5.56. The van der Waals surface area contributed by atoms with Crippen LogP contribution in [0, 0.1) is 10.1 Å². The zero-order valence-electron chi connectivity index (χ0n) is 10.7. The standard InChI is InChI=1S/C11H15N3O4S/c1-3-6-19-13(11(12)15)9-7-8(14(16)17)4-5-10(9)18-2/h4-5,7H,3,6H2,1-2H3,(H2,12,15). The van der Waals surface area contributed by atoms with Gasteiger partial charge < -0.3 is 10.5 Å². The van der Waals surface area contributed by atoms with Crippen LogP contribution in [0.15, 0.2) is 18.2 Å². The third kappa shape index (κ3) is 3.75. The number of urea groups is 1. The summed E-state index contributed by atoms with van der Waals surface area (Å²) in [5.41, 5.74) is 5.45. The molecule has 0 aliphatic heterocycles. The number of nitrogens with two attached hydrogens (primary N) is 1. The number of nitrogens with zero attached hydrogens (tertiary/aromatic N) is 2. The number of nitro groups is 1. The van der Waals surface area contributed by atoms with Crippen molar-refractivity contribution in [2.24, 2.45) is 5.73 Å². The molecule has 0 unspecified atom stereocenters. The Bertz CT molecular complexity index is 481. The number of benzene rings is 1. The third-order valence-corrected chi connectivity index (χ3v) is 3.44. The van der Waals surface area contributed by atoms with E-state index in [1.807, 2.05) is 6.92 Å². The van der Waals surface area contributed by atoms with Crippen LogP contribution < -0.4 is 14.8 Å². The molecule has 1 rings (SSSR count). The minimum atomic E-state index is -0.697. The SMILES string of the molecule is CCCSN(C(N)=O)c1cc([N+](=O)[O-])ccc1OC. The number of nitro benzene ring substituents is 1. The van der Waals surface area contributed by atoms with E-state index < -0.39 is 11.0 Å². The highest BCUT2D eigenvalue weighted by Crippen LogP contribution is 2.35. The van der Waals surface area contributed by atoms with Crippen LogP contribution in [0.2, 0.25) is 0 Å². The molecular weight excluding hydrogens is 270 g/mol. The van der Waals surface area contributed by atoms with E-state index in [0.29, 0.717) is 11.5 Å². The van der Waals surface area contributed by atoms with Crippen molar-refractivity contribution in [2.75, 3.05) is 17.2 Å². The molecule has 19 heavy (non-hydrogen) atoms. The molecule has 0 fully saturated rings. The zero-order valence-corrected chi connectivity index (χ0v) is 11.5. The summed E-state index contributed by atoms with van der Waals surface area (Å²) >= 11 is 1.19. The molecule has 104 valence electrons. The van der Waals surface area contributed by atoms with Gasteiger partial charge in [0, 0.05) is 17.9 Å². The molecule has 2 N–H and O–H groups in total. The molecule has 1 aromatic rings. The molecule has 0 bridgehead atoms. The monoisotopic (exact) mass is 285 g/mol. The summed E-state index contributed by atoms with van der Waals surface area (Å²) in [5, 5.41) is 10.8. The maximum Gasteiger partial charge on any atom is 0.329 e. The van der Waals surface area contributed by atoms with E-state index >= 15 is 0 Å². The molecule has 0 aliphatic rings. The first kappa shape index (κ1) is 15.1. The Balaban J connectivity index is 3.21. The number of ether oxygens (including phenoxy) is 1. The first-order chi connectivity index (χ1) is 9.01. The number of rotatable bonds is 6. The number of anilines is 1. The molecule has 0 saturated heterocycles. The van der Waals surface area contributed by atoms with Gasteiger partial charge in [0.05, 0.1) is 12.0 Å². The van der Waals surface area contributed by atoms with E-state index in [-0.39, 0.29) is 11.4 Å². The van der Waals surface area contributed by atoms with E-state index in [2.05, 4.69) is 0 Å². The number of hydrogen-bond donors (Lipinski definition) is 1. The van der Waals surface area contributed by atoms with Crippen molar-refractivity contribution < 1.29 is 14.5 Å². The zero-order chi connectivity index (χ0) is 14.4. The predicted octanol–water partition coefficient (Wildman–Crippen LogP) is 2.55. The van der Waals surface area contributed by atoms with Crippen molar-refractivity contribution >= 4 is 29.4 Å². The van der Waals surface area contributed by atoms with Crippen LogP contribution in [0.4, 0.5) is 16.2 Å². The van der Waals surface area contributed by atoms with Crippen LogP contribution in [0.3, 0.4) is 0 Å². The fraction of sp³-hybridized carbons (Fsp3) is 0.364. The van der Waals surface area contributed by atoms with E-state index in [0.717, 1.165) is 6.42 Å². The fourth-order valence-corrected chi connectivity index (χ4v) is 2.16. The summed E-state index contributed by atoms with van der Waals surface area (Å²) in [6.07, 6.45) is 0.839. The van der Waals surface area contributed by atoms with E-state index in [9.17, 15) is 14.9 Å². The molecule has 0 radical (unpaired) electrons. The van der Waals surface area contributed by atoms with Crippen molar-refractivity contribution in [3.8, 4) is 5.75 Å². The highest BCUT2D eigenvalue weighted by Gasteiger charge is 2.21. The highest BCUT2D eigenvalue weighted by atomic mass is 32.2. The summed E-state index contributed by atoms with van der Waals surface area (Å²) in [4.78, 5) is 21.7. The lowest BCUT2D eigenvalue weighted by Gasteiger charge is -2.20. The van der Waals surface area contributed by atoms with Gasteiger partial charge in [-0.1, -0.05) is 6.92 Å². The Hall–Kier alpha value is -1.96. The lowest BCUT2D eigenvalue weighted by atomic mass is 10.2. The van der Waals surface area contributed by atoms with Crippen LogP contribution >= 0.6 is 11.9 Å². The second-order valence-electron chi connectivity index (χ2n) is 3.58. The van der Waals surface area contributed by atoms with Crippen molar-refractivity contribution in [3.05, 3.63) is 28.3 Å². The number of hydrogen-bond acceptors (Lipinski definition) is 5. The number of carbonyl (C=O) groups is 1. The molecule has 0 aromatic heterocycles. The van der Waals surface area contributed by atoms with E-state index in [4.69, 9.17) is 10.5 Å². The third-order valence-electron chi connectivity index (χ3n) is 2.22. The molecule has 0 aliphatic carbocycles. The van der Waals surface area contributed by atoms with Gasteiger partial charge in [0.1, 0.15) is 11.4 Å². The molecule has 0 spiro atoms. The molecular formula is C11H15N3O4S. The molecule has 1 aromatic carbocycles. The average Bonchev–Trinajstić information content (AvgIpc) is 2.38. The van der Waals surface area contributed by atoms with Crippen LogP contribution in [0.1, 0.15) is 13.3 Å². The summed E-state index contributed by atoms with van der Waals surface area (Å²) in [6, 6.07) is 3.32. The van der Waals surface area contributed by atoms with Gasteiger partial charge in [0.15, 0.2) is 0 Å². The molecule has 7 nitrogen and oxygen atoms in total. The van der Waals surface area contributed by atoms with Crippen LogP contribution in [-0.4, -0.2) is 23.8 Å². The van der Waals surface area contributed by atoms with Crippen LogP contribution in [0.5, 0.6) is 5.75 Å². The molecule has 8 heteroatoms. The summed E-state index contributed by atoms with van der Waals surface area (Å²) in [6.45, 7) is 1.96. The van der Waals surface area contributed by atoms with Gasteiger partial charge in [-0.05, 0) is 24.4 Å². The normalized spacial score (nSPS) is 10.0. The van der Waals surface area contributed by atoms with Gasteiger partial charge in [-0.3, -0.25) is 10.1 Å². The second kappa shape index (κ2) is 6.83. The first-order valence-corrected chi connectivity index (χ1v) is 6.50. The summed E-state index contributed by atoms with van der Waals surface area (Å²) < 4.78 is 6.31. The van der Waals surface area contributed by atoms with Gasteiger partial charge in [-0.15, -0.1) is 0 Å². The molecule has 2 amide bonds. The van der Waals surface area contributed by atoms with Crippen molar-refractivity contribution in [1.82, 2.24) is 0 Å². The summed E-state index contributed by atoms with van der Waals surface area (Å²) in [5.74, 6) is 1.02. The number of primary amides is 1. The predicted molar refractivity (Wildman–Crippen MR) is 74.5 cm³/mol. The largest absolute Gasteiger partial charge is 0.495 e. The Morgan fingerprint density at radius 1 is 1.58 bits per heavy atom. The highest BCUT2D eigenvalue weighted by molar-refractivity contribution is 8.01. The number of amides is 2. The van der Waals surface area contributed by atoms with E-state index in [1.54, 1.807) is 0 Å². The minimum Gasteiger partial charge on any atom is -0.495 e. The summed E-state index contributed by atoms with van der Waals surface area (Å²) in [7, 11) is 1.42. The van der Waals surface area contributed by atoms with Gasteiger partial charge in [-0.25, -0.2) is 9.10 Å². The number of non-ortho nitro benzene ring substituents is 1. The maximum absolute atomic E-state index is 11.5. The fourth-order valence-electron chi connectivity index (χ4n) is 1.39. The van der Waals surface area contributed by atoms with Crippen LogP contribution in [-0.2, 0) is 0 Å². The molecule has 0 heterocycles. The van der Waals surface area contributed by atoms with Crippen molar-refractivity contribution in [2.45, 2.75) is 13.3 Å². The van der Waals surface area contributed by atoms with Gasteiger partial charge in [0.25, 0.3) is 5.69 Å². The Kier molecular flexibility index (Phi) is 5.43. The number of methoxy groups -OCH3 is 1. The second-order valence-corrected chi connectivity index (χ2v) is 4.61. The topological polar surface area (TPSA) is 98.7 Å². The van der Waals surface area contributed by atoms with Gasteiger partial charge >= 0.3 is 6.03 Å². The maximum atomic E-state index is 11.5. The average molecular weight is 285 g/mol. The van der Waals surface area contributed by atoms with Crippen molar-refractivity contribution in [1.29, 1.82) is 0 Å². The van der Waals surface area contributed by atoms with Gasteiger partial charge in [-0.2, -0.15) is 0 Å². The lowest BCUT2D eigenvalue weighted by Crippen LogP contribution is -2.30. The smallest absolute Gasteiger partial charge is 0.329 e. The van der Waals surface area contributed by atoms with Gasteiger partial charge in [0.2, 0.25) is 0 Å². The van der Waals surface area contributed by atoms with E-state index in [1.165, 1.54) is 41.6 Å². The number of carbonyl (C=O) groups excluding carboxylic acids is 1. The molecule has 0 saturated carbocycles. The Morgan fingerprint density at radius 3 is 2.74 bits per heavy atom. The quantitative estimate of drug-likeness (QED) is 0.492. The lowest BCUT2D eigenvalue weighted by molar-refractivity contribution is -0.384. The minimum absolute atomic E-state index is 0.126. The van der Waals surface area contributed by atoms with Crippen LogP contribution in [0.25, 0.3) is 0 Å². The Morgan fingerprint density at radius 2 is 2.26 bits per heavy atom. The van der Waals surface area contributed by atoms with Crippen molar-refractivity contribution in [3.63, 3.8) is 0 Å². The molecule has 0 atom stereocenters. The Labute approximate surface area is 115 Å².